The van der Waals surface area contributed by atoms with Crippen molar-refractivity contribution >= 4 is 0 Å². The van der Waals surface area contributed by atoms with Crippen molar-refractivity contribution in [2.45, 2.75) is 33.9 Å². The summed E-state index contributed by atoms with van der Waals surface area (Å²) in [5.41, 5.74) is 6.38. The fourth-order valence-electron chi connectivity index (χ4n) is 2.32. The van der Waals surface area contributed by atoms with Gasteiger partial charge in [0.25, 0.3) is 0 Å². The smallest absolute Gasteiger partial charge is 0.0571 e. The molecule has 3 heteroatoms. The van der Waals surface area contributed by atoms with E-state index in [0.29, 0.717) is 0 Å². The Bertz CT molecular complexity index is 541. The molecule has 3 nitrogen and oxygen atoms in total. The second-order valence-corrected chi connectivity index (χ2v) is 4.65. The van der Waals surface area contributed by atoms with Crippen LogP contribution in [-0.4, -0.2) is 16.8 Å². The van der Waals surface area contributed by atoms with Gasteiger partial charge in [0, 0.05) is 24.3 Å². The van der Waals surface area contributed by atoms with Crippen LogP contribution >= 0.6 is 0 Å². The lowest BCUT2D eigenvalue weighted by atomic mass is 9.98. The van der Waals surface area contributed by atoms with E-state index < -0.39 is 0 Å². The van der Waals surface area contributed by atoms with Gasteiger partial charge in [0.15, 0.2) is 0 Å². The predicted octanol–water partition coefficient (Wildman–Crippen LogP) is 2.91. The number of aromatic nitrogens is 2. The Balaban J connectivity index is 2.54. The van der Waals surface area contributed by atoms with Crippen LogP contribution in [0, 0.1) is 13.8 Å². The van der Waals surface area contributed by atoms with E-state index >= 15 is 0 Å². The summed E-state index contributed by atoms with van der Waals surface area (Å²) in [5, 5.41) is 7.66. The number of nitrogens with zero attached hydrogens (tertiary/aromatic N) is 2. The number of hydrogen-bond donors (Lipinski definition) is 1. The van der Waals surface area contributed by atoms with Gasteiger partial charge in [0.2, 0.25) is 0 Å². The van der Waals surface area contributed by atoms with Crippen molar-refractivity contribution < 1.29 is 0 Å². The van der Waals surface area contributed by atoms with Crippen LogP contribution in [0.15, 0.2) is 24.4 Å². The van der Waals surface area contributed by atoms with E-state index in [-0.39, 0.29) is 0 Å². The third-order valence-corrected chi connectivity index (χ3v) is 3.33. The molecule has 0 saturated heterocycles. The summed E-state index contributed by atoms with van der Waals surface area (Å²) >= 11 is 0. The third kappa shape index (κ3) is 2.31. The molecule has 2 aromatic rings. The monoisotopic (exact) mass is 243 g/mol. The van der Waals surface area contributed by atoms with Crippen molar-refractivity contribution in [3.8, 4) is 11.1 Å². The van der Waals surface area contributed by atoms with Crippen molar-refractivity contribution in [2.75, 3.05) is 7.05 Å². The lowest BCUT2D eigenvalue weighted by Crippen LogP contribution is -2.07. The van der Waals surface area contributed by atoms with Gasteiger partial charge in [-0.25, -0.2) is 0 Å². The molecule has 18 heavy (non-hydrogen) atoms. The molecular formula is C15H21N3. The molecule has 0 radical (unpaired) electrons. The fraction of sp³-hybridized carbons (Fsp3) is 0.400. The largest absolute Gasteiger partial charge is 0.316 e. The van der Waals surface area contributed by atoms with Crippen LogP contribution in [-0.2, 0) is 13.1 Å². The van der Waals surface area contributed by atoms with Crippen molar-refractivity contribution in [1.82, 2.24) is 15.1 Å². The Morgan fingerprint density at radius 1 is 1.22 bits per heavy atom. The predicted molar refractivity (Wildman–Crippen MR) is 75.6 cm³/mol. The van der Waals surface area contributed by atoms with Crippen LogP contribution in [0.5, 0.6) is 0 Å². The maximum atomic E-state index is 4.44. The highest BCUT2D eigenvalue weighted by molar-refractivity contribution is 5.69. The van der Waals surface area contributed by atoms with Gasteiger partial charge in [-0.15, -0.1) is 0 Å². The van der Waals surface area contributed by atoms with Crippen LogP contribution in [0.3, 0.4) is 0 Å². The van der Waals surface area contributed by atoms with Gasteiger partial charge in [-0.1, -0.05) is 23.8 Å². The van der Waals surface area contributed by atoms with Crippen molar-refractivity contribution in [2.24, 2.45) is 0 Å². The molecule has 2 rings (SSSR count). The Labute approximate surface area is 109 Å². The van der Waals surface area contributed by atoms with Gasteiger partial charge in [0.05, 0.1) is 6.20 Å². The maximum Gasteiger partial charge on any atom is 0.0571 e. The van der Waals surface area contributed by atoms with E-state index in [2.05, 4.69) is 49.4 Å². The summed E-state index contributed by atoms with van der Waals surface area (Å²) < 4.78 is 2.04. The van der Waals surface area contributed by atoms with Crippen LogP contribution in [0.1, 0.15) is 23.7 Å². The van der Waals surface area contributed by atoms with E-state index in [1.54, 1.807) is 0 Å². The highest BCUT2D eigenvalue weighted by Gasteiger charge is 2.11. The van der Waals surface area contributed by atoms with Crippen molar-refractivity contribution in [3.63, 3.8) is 0 Å². The zero-order valence-electron chi connectivity index (χ0n) is 11.6. The SMILES string of the molecule is CCn1ncc(-c2cc(C)ccc2CNC)c1C. The van der Waals surface area contributed by atoms with Gasteiger partial charge in [-0.05, 0) is 38.9 Å². The molecule has 0 bridgehead atoms. The zero-order chi connectivity index (χ0) is 13.1. The average molecular weight is 243 g/mol. The first-order valence-corrected chi connectivity index (χ1v) is 6.44. The van der Waals surface area contributed by atoms with Crippen LogP contribution in [0.25, 0.3) is 11.1 Å². The molecule has 0 unspecified atom stereocenters. The minimum Gasteiger partial charge on any atom is -0.316 e. The number of nitrogens with one attached hydrogen (secondary N) is 1. The normalized spacial score (nSPS) is 10.9. The summed E-state index contributed by atoms with van der Waals surface area (Å²) in [6, 6.07) is 6.61. The molecule has 0 aliphatic carbocycles. The topological polar surface area (TPSA) is 29.9 Å². The molecule has 0 fully saturated rings. The second-order valence-electron chi connectivity index (χ2n) is 4.65. The fourth-order valence-corrected chi connectivity index (χ4v) is 2.32. The molecule has 0 aliphatic rings. The summed E-state index contributed by atoms with van der Waals surface area (Å²) in [6.45, 7) is 8.18. The molecule has 1 aromatic heterocycles. The van der Waals surface area contributed by atoms with Gasteiger partial charge in [0.1, 0.15) is 0 Å². The maximum absolute atomic E-state index is 4.44. The average Bonchev–Trinajstić information content (AvgIpc) is 2.73. The number of aryl methyl sites for hydroxylation is 2. The molecule has 1 heterocycles. The first kappa shape index (κ1) is 12.8. The number of benzene rings is 1. The summed E-state index contributed by atoms with van der Waals surface area (Å²) in [4.78, 5) is 0. The van der Waals surface area contributed by atoms with E-state index in [9.17, 15) is 0 Å². The lowest BCUT2D eigenvalue weighted by Gasteiger charge is -2.10. The van der Waals surface area contributed by atoms with E-state index in [1.807, 2.05) is 17.9 Å². The van der Waals surface area contributed by atoms with E-state index in [4.69, 9.17) is 0 Å². The standard InChI is InChI=1S/C15H21N3/c1-5-18-12(3)15(10-17-18)14-8-11(2)6-7-13(14)9-16-4/h6-8,10,16H,5,9H2,1-4H3. The first-order chi connectivity index (χ1) is 8.67. The summed E-state index contributed by atoms with van der Waals surface area (Å²) in [5.74, 6) is 0. The zero-order valence-corrected chi connectivity index (χ0v) is 11.6. The molecular weight excluding hydrogens is 222 g/mol. The van der Waals surface area contributed by atoms with Gasteiger partial charge >= 0.3 is 0 Å². The number of rotatable bonds is 4. The minimum absolute atomic E-state index is 0.881. The van der Waals surface area contributed by atoms with Gasteiger partial charge < -0.3 is 5.32 Å². The third-order valence-electron chi connectivity index (χ3n) is 3.33. The molecule has 1 aromatic carbocycles. The molecule has 0 spiro atoms. The minimum atomic E-state index is 0.881. The van der Waals surface area contributed by atoms with Crippen LogP contribution in [0.2, 0.25) is 0 Å². The second kappa shape index (κ2) is 5.36. The van der Waals surface area contributed by atoms with E-state index in [1.165, 1.54) is 27.9 Å². The summed E-state index contributed by atoms with van der Waals surface area (Å²) in [7, 11) is 1.98. The van der Waals surface area contributed by atoms with Crippen LogP contribution < -0.4 is 5.32 Å². The molecule has 0 atom stereocenters. The Kier molecular flexibility index (Phi) is 3.82. The van der Waals surface area contributed by atoms with Crippen molar-refractivity contribution in [1.29, 1.82) is 0 Å². The summed E-state index contributed by atoms with van der Waals surface area (Å²) in [6.07, 6.45) is 1.98. The highest BCUT2D eigenvalue weighted by Crippen LogP contribution is 2.27. The molecule has 96 valence electrons. The quantitative estimate of drug-likeness (QED) is 0.895. The number of hydrogen-bond acceptors (Lipinski definition) is 2. The Morgan fingerprint density at radius 3 is 2.61 bits per heavy atom. The molecule has 0 aliphatic heterocycles. The van der Waals surface area contributed by atoms with Gasteiger partial charge in [-0.3, -0.25) is 4.68 Å². The van der Waals surface area contributed by atoms with E-state index in [0.717, 1.165) is 13.1 Å². The molecule has 1 N–H and O–H groups in total. The first-order valence-electron chi connectivity index (χ1n) is 6.44. The lowest BCUT2D eigenvalue weighted by molar-refractivity contribution is 0.640. The highest BCUT2D eigenvalue weighted by atomic mass is 15.3. The molecule has 0 amide bonds. The van der Waals surface area contributed by atoms with Crippen LogP contribution in [0.4, 0.5) is 0 Å². The van der Waals surface area contributed by atoms with Crippen molar-refractivity contribution in [3.05, 3.63) is 41.2 Å². The Hall–Kier alpha value is -1.61. The Morgan fingerprint density at radius 2 is 2.00 bits per heavy atom. The molecule has 0 saturated carbocycles. The van der Waals surface area contributed by atoms with Gasteiger partial charge in [-0.2, -0.15) is 5.10 Å².